The van der Waals surface area contributed by atoms with Crippen molar-refractivity contribution in [2.24, 2.45) is 0 Å². The van der Waals surface area contributed by atoms with Crippen molar-refractivity contribution in [3.8, 4) is 0 Å². The molecule has 0 radical (unpaired) electrons. The lowest BCUT2D eigenvalue weighted by molar-refractivity contribution is -0.132. The van der Waals surface area contributed by atoms with Crippen LogP contribution >= 0.6 is 0 Å². The molecule has 1 amide bonds. The minimum absolute atomic E-state index is 0.251. The van der Waals surface area contributed by atoms with Gasteiger partial charge in [0.2, 0.25) is 5.91 Å². The number of hydrogen-bond acceptors (Lipinski definition) is 4. The van der Waals surface area contributed by atoms with Crippen molar-refractivity contribution >= 4 is 28.3 Å². The van der Waals surface area contributed by atoms with Gasteiger partial charge in [0.1, 0.15) is 11.5 Å². The normalized spacial score (nSPS) is 16.5. The number of unbranched alkanes of at least 4 members (excludes halogenated alkanes) is 1. The fraction of sp³-hybridized carbons (Fsp3) is 0.517. The molecule has 0 bridgehead atoms. The lowest BCUT2D eigenvalue weighted by atomic mass is 10.0. The summed E-state index contributed by atoms with van der Waals surface area (Å²) < 4.78 is 0. The topological polar surface area (TPSA) is 64.3 Å². The van der Waals surface area contributed by atoms with Crippen LogP contribution in [0.5, 0.6) is 0 Å². The second-order valence-corrected chi connectivity index (χ2v) is 9.35. The largest absolute Gasteiger partial charge is 0.346 e. The Balaban J connectivity index is 0.000000332. The molecule has 0 spiro atoms. The standard InChI is InChI=1S/C18H23N5O.C7H14.C4H8/c1-3-5-16(24)22-9-4-6-13(11-22)23-12(2)21-15-10-20-18-14(17(15)23)7-8-19-18;1-4-5-6-7(2)3;1-3-4-2/h7-8,10,13,21H,2-6,9,11H2,1H3,(H,19,20);2,4-6H2,1,3H3;3H,1,4H2,2H3. The highest BCUT2D eigenvalue weighted by molar-refractivity contribution is 6.01. The molecule has 4 rings (SSSR count). The molecular formula is C29H45N5O. The van der Waals surface area contributed by atoms with Gasteiger partial charge in [-0.05, 0) is 51.5 Å². The van der Waals surface area contributed by atoms with Crippen molar-refractivity contribution in [2.45, 2.75) is 85.1 Å². The van der Waals surface area contributed by atoms with E-state index in [9.17, 15) is 4.79 Å². The zero-order valence-electron chi connectivity index (χ0n) is 22.3. The Morgan fingerprint density at radius 2 is 2.00 bits per heavy atom. The van der Waals surface area contributed by atoms with Gasteiger partial charge in [-0.2, -0.15) is 0 Å². The Kier molecular flexibility index (Phi) is 11.6. The van der Waals surface area contributed by atoms with E-state index in [4.69, 9.17) is 0 Å². The smallest absolute Gasteiger partial charge is 0.222 e. The molecule has 1 saturated heterocycles. The predicted octanol–water partition coefficient (Wildman–Crippen LogP) is 7.39. The minimum atomic E-state index is 0.251. The number of allylic oxidation sites excluding steroid dienone is 2. The summed E-state index contributed by atoms with van der Waals surface area (Å²) in [6.07, 6.45) is 14.1. The maximum Gasteiger partial charge on any atom is 0.222 e. The van der Waals surface area contributed by atoms with Crippen LogP contribution in [0.2, 0.25) is 0 Å². The quantitative estimate of drug-likeness (QED) is 0.406. The Labute approximate surface area is 212 Å². The van der Waals surface area contributed by atoms with Gasteiger partial charge in [-0.3, -0.25) is 4.79 Å². The van der Waals surface area contributed by atoms with Crippen molar-refractivity contribution in [3.63, 3.8) is 0 Å². The van der Waals surface area contributed by atoms with Gasteiger partial charge < -0.3 is 20.1 Å². The van der Waals surface area contributed by atoms with Crippen LogP contribution < -0.4 is 10.2 Å². The number of likely N-dealkylation sites (tertiary alicyclic amines) is 1. The molecule has 1 atom stereocenters. The Hall–Kier alpha value is -3.02. The molecule has 0 saturated carbocycles. The van der Waals surface area contributed by atoms with Crippen LogP contribution in [0.25, 0.3) is 11.0 Å². The molecule has 2 aromatic rings. The Bertz CT molecular complexity index is 992. The maximum atomic E-state index is 12.3. The summed E-state index contributed by atoms with van der Waals surface area (Å²) in [5.41, 5.74) is 4.30. The Morgan fingerprint density at radius 3 is 2.60 bits per heavy atom. The molecule has 2 aliphatic heterocycles. The van der Waals surface area contributed by atoms with E-state index < -0.39 is 0 Å². The highest BCUT2D eigenvalue weighted by Gasteiger charge is 2.35. The molecule has 2 aromatic heterocycles. The summed E-state index contributed by atoms with van der Waals surface area (Å²) in [6.45, 7) is 21.5. The third-order valence-corrected chi connectivity index (χ3v) is 6.19. The average molecular weight is 480 g/mol. The van der Waals surface area contributed by atoms with E-state index in [1.54, 1.807) is 0 Å². The zero-order valence-corrected chi connectivity index (χ0v) is 22.3. The van der Waals surface area contributed by atoms with Crippen LogP contribution in [0.15, 0.2) is 55.7 Å². The van der Waals surface area contributed by atoms with Gasteiger partial charge in [-0.25, -0.2) is 4.98 Å². The molecule has 0 aromatic carbocycles. The van der Waals surface area contributed by atoms with E-state index in [1.165, 1.54) is 24.8 Å². The zero-order chi connectivity index (χ0) is 25.8. The molecule has 4 heterocycles. The van der Waals surface area contributed by atoms with Crippen LogP contribution in [-0.4, -0.2) is 39.9 Å². The summed E-state index contributed by atoms with van der Waals surface area (Å²) in [7, 11) is 0. The minimum Gasteiger partial charge on any atom is -0.346 e. The lowest BCUT2D eigenvalue weighted by Crippen LogP contribution is -2.49. The van der Waals surface area contributed by atoms with E-state index in [2.05, 4.69) is 73.7 Å². The molecule has 1 unspecified atom stereocenters. The van der Waals surface area contributed by atoms with Gasteiger partial charge in [-0.15, -0.1) is 13.2 Å². The molecule has 192 valence electrons. The van der Waals surface area contributed by atoms with Gasteiger partial charge in [0.25, 0.3) is 0 Å². The number of anilines is 2. The van der Waals surface area contributed by atoms with Gasteiger partial charge in [0.15, 0.2) is 0 Å². The van der Waals surface area contributed by atoms with E-state index in [-0.39, 0.29) is 11.9 Å². The highest BCUT2D eigenvalue weighted by atomic mass is 16.2. The monoisotopic (exact) mass is 479 g/mol. The molecule has 1 fully saturated rings. The predicted molar refractivity (Wildman–Crippen MR) is 151 cm³/mol. The molecule has 6 nitrogen and oxygen atoms in total. The first-order valence-electron chi connectivity index (χ1n) is 13.1. The van der Waals surface area contributed by atoms with Crippen molar-refractivity contribution in [3.05, 3.63) is 55.7 Å². The number of carbonyl (C=O) groups is 1. The summed E-state index contributed by atoms with van der Waals surface area (Å²) in [6, 6.07) is 2.30. The number of piperidine rings is 1. The van der Waals surface area contributed by atoms with Crippen LogP contribution in [0.1, 0.15) is 79.1 Å². The number of aromatic nitrogens is 2. The van der Waals surface area contributed by atoms with Crippen LogP contribution in [0, 0.1) is 0 Å². The van der Waals surface area contributed by atoms with Crippen molar-refractivity contribution in [1.82, 2.24) is 14.9 Å². The van der Waals surface area contributed by atoms with E-state index in [0.29, 0.717) is 6.42 Å². The fourth-order valence-corrected chi connectivity index (χ4v) is 4.34. The molecule has 35 heavy (non-hydrogen) atoms. The molecular weight excluding hydrogens is 434 g/mol. The third-order valence-electron chi connectivity index (χ3n) is 6.19. The van der Waals surface area contributed by atoms with Crippen LogP contribution in [0.4, 0.5) is 11.4 Å². The Morgan fingerprint density at radius 1 is 1.26 bits per heavy atom. The third kappa shape index (κ3) is 7.74. The number of pyridine rings is 1. The highest BCUT2D eigenvalue weighted by Crippen LogP contribution is 2.43. The first-order chi connectivity index (χ1) is 16.9. The first kappa shape index (κ1) is 28.2. The number of nitrogens with zero attached hydrogens (tertiary/aromatic N) is 3. The van der Waals surface area contributed by atoms with Crippen molar-refractivity contribution in [2.75, 3.05) is 23.3 Å². The van der Waals surface area contributed by atoms with E-state index in [0.717, 1.165) is 67.0 Å². The second kappa shape index (κ2) is 14.4. The first-order valence-corrected chi connectivity index (χ1v) is 13.1. The van der Waals surface area contributed by atoms with Gasteiger partial charge in [0, 0.05) is 31.1 Å². The summed E-state index contributed by atoms with van der Waals surface area (Å²) in [5, 5.41) is 4.44. The van der Waals surface area contributed by atoms with Gasteiger partial charge in [-0.1, -0.05) is 45.4 Å². The maximum absolute atomic E-state index is 12.3. The number of nitrogens with one attached hydrogen (secondary N) is 2. The van der Waals surface area contributed by atoms with Crippen LogP contribution in [0.3, 0.4) is 0 Å². The van der Waals surface area contributed by atoms with Gasteiger partial charge >= 0.3 is 0 Å². The van der Waals surface area contributed by atoms with Crippen molar-refractivity contribution < 1.29 is 4.79 Å². The molecule has 2 aliphatic rings. The second-order valence-electron chi connectivity index (χ2n) is 9.35. The number of H-pyrrole nitrogens is 1. The van der Waals surface area contributed by atoms with Crippen LogP contribution in [-0.2, 0) is 4.79 Å². The number of amides is 1. The summed E-state index contributed by atoms with van der Waals surface area (Å²) in [4.78, 5) is 24.2. The molecule has 2 N–H and O–H groups in total. The lowest BCUT2D eigenvalue weighted by Gasteiger charge is -2.38. The van der Waals surface area contributed by atoms with E-state index in [1.807, 2.05) is 23.4 Å². The van der Waals surface area contributed by atoms with E-state index >= 15 is 0 Å². The summed E-state index contributed by atoms with van der Waals surface area (Å²) >= 11 is 0. The van der Waals surface area contributed by atoms with Crippen molar-refractivity contribution in [1.29, 1.82) is 0 Å². The summed E-state index contributed by atoms with van der Waals surface area (Å²) in [5.74, 6) is 1.14. The van der Waals surface area contributed by atoms with Gasteiger partial charge in [0.05, 0.1) is 23.6 Å². The number of aromatic amines is 1. The molecule has 6 heteroatoms. The molecule has 0 aliphatic carbocycles. The fourth-order valence-electron chi connectivity index (χ4n) is 4.34. The average Bonchev–Trinajstić information content (AvgIpc) is 3.47. The number of rotatable bonds is 7. The SMILES string of the molecule is C=C(C)CCCC.C=C1Nc2cnc3[nH]ccc3c2N1C1CCCN(C(=O)CCC)C1.C=CCC. The number of hydrogen-bond donors (Lipinski definition) is 2. The number of fused-ring (bicyclic) bond motifs is 3. The number of carbonyl (C=O) groups excluding carboxylic acids is 1.